The molecule has 4 nitrogen and oxygen atoms in total. The SMILES string of the molecule is O=C(O)/C=C/c1cccc2[nH]cnc12. The molecule has 0 amide bonds. The molecule has 2 rings (SSSR count). The molecule has 0 bridgehead atoms. The molecule has 2 aromatic rings. The molecule has 1 aromatic heterocycles. The third-order valence-corrected chi connectivity index (χ3v) is 1.89. The molecule has 0 saturated carbocycles. The number of imidazole rings is 1. The summed E-state index contributed by atoms with van der Waals surface area (Å²) in [7, 11) is 0. The molecule has 0 unspecified atom stereocenters. The maximum absolute atomic E-state index is 10.3. The Hall–Kier alpha value is -2.10. The van der Waals surface area contributed by atoms with E-state index in [1.165, 1.54) is 6.08 Å². The molecule has 0 spiro atoms. The lowest BCUT2D eigenvalue weighted by Gasteiger charge is -1.93. The predicted molar refractivity (Wildman–Crippen MR) is 52.8 cm³/mol. The van der Waals surface area contributed by atoms with Crippen LogP contribution >= 0.6 is 0 Å². The van der Waals surface area contributed by atoms with E-state index in [0.717, 1.165) is 22.7 Å². The van der Waals surface area contributed by atoms with Gasteiger partial charge in [-0.05, 0) is 12.1 Å². The Labute approximate surface area is 79.9 Å². The van der Waals surface area contributed by atoms with Crippen molar-refractivity contribution < 1.29 is 9.90 Å². The number of nitrogens with zero attached hydrogens (tertiary/aromatic N) is 1. The van der Waals surface area contributed by atoms with Gasteiger partial charge in [-0.1, -0.05) is 12.1 Å². The number of nitrogens with one attached hydrogen (secondary N) is 1. The van der Waals surface area contributed by atoms with E-state index in [9.17, 15) is 4.79 Å². The number of hydrogen-bond acceptors (Lipinski definition) is 2. The molecule has 0 fully saturated rings. The van der Waals surface area contributed by atoms with Crippen LogP contribution in [0.15, 0.2) is 30.6 Å². The fraction of sp³-hybridized carbons (Fsp3) is 0. The summed E-state index contributed by atoms with van der Waals surface area (Å²) < 4.78 is 0. The van der Waals surface area contributed by atoms with Crippen LogP contribution in [-0.2, 0) is 4.79 Å². The van der Waals surface area contributed by atoms with Crippen molar-refractivity contribution in [3.05, 3.63) is 36.2 Å². The highest BCUT2D eigenvalue weighted by atomic mass is 16.4. The molecule has 0 aliphatic carbocycles. The number of H-pyrrole nitrogens is 1. The number of carboxylic acid groups (broad SMARTS) is 1. The van der Waals surface area contributed by atoms with Crippen molar-refractivity contribution >= 4 is 23.1 Å². The monoisotopic (exact) mass is 188 g/mol. The summed E-state index contributed by atoms with van der Waals surface area (Å²) in [5.41, 5.74) is 2.48. The molecule has 0 radical (unpaired) electrons. The van der Waals surface area contributed by atoms with E-state index in [4.69, 9.17) is 5.11 Å². The van der Waals surface area contributed by atoms with E-state index in [-0.39, 0.29) is 0 Å². The van der Waals surface area contributed by atoms with E-state index in [1.807, 2.05) is 18.2 Å². The number of hydrogen-bond donors (Lipinski definition) is 2. The number of rotatable bonds is 2. The third kappa shape index (κ3) is 1.50. The second-order valence-corrected chi connectivity index (χ2v) is 2.82. The number of para-hydroxylation sites is 1. The van der Waals surface area contributed by atoms with Gasteiger partial charge in [-0.3, -0.25) is 0 Å². The molecule has 70 valence electrons. The van der Waals surface area contributed by atoms with Crippen molar-refractivity contribution in [1.82, 2.24) is 9.97 Å². The molecule has 0 aliphatic heterocycles. The highest BCUT2D eigenvalue weighted by molar-refractivity contribution is 5.90. The lowest BCUT2D eigenvalue weighted by Crippen LogP contribution is -1.86. The number of aromatic nitrogens is 2. The topological polar surface area (TPSA) is 66.0 Å². The second kappa shape index (κ2) is 3.33. The lowest BCUT2D eigenvalue weighted by atomic mass is 10.2. The van der Waals surface area contributed by atoms with Gasteiger partial charge in [-0.25, -0.2) is 9.78 Å². The minimum absolute atomic E-state index is 0.782. The van der Waals surface area contributed by atoms with Crippen LogP contribution in [0, 0.1) is 0 Å². The summed E-state index contributed by atoms with van der Waals surface area (Å²) in [6.07, 6.45) is 4.22. The Kier molecular flexibility index (Phi) is 2.02. The third-order valence-electron chi connectivity index (χ3n) is 1.89. The van der Waals surface area contributed by atoms with Gasteiger partial charge >= 0.3 is 5.97 Å². The van der Waals surface area contributed by atoms with Crippen LogP contribution in [0.3, 0.4) is 0 Å². The largest absolute Gasteiger partial charge is 0.478 e. The molecule has 2 N–H and O–H groups in total. The fourth-order valence-electron chi connectivity index (χ4n) is 1.28. The summed E-state index contributed by atoms with van der Waals surface area (Å²) in [5.74, 6) is -0.961. The van der Waals surface area contributed by atoms with Gasteiger partial charge in [-0.15, -0.1) is 0 Å². The lowest BCUT2D eigenvalue weighted by molar-refractivity contribution is -0.131. The highest BCUT2D eigenvalue weighted by Crippen LogP contribution is 2.15. The molecule has 14 heavy (non-hydrogen) atoms. The molecule has 1 aromatic carbocycles. The molecule has 0 atom stereocenters. The Morgan fingerprint density at radius 1 is 1.50 bits per heavy atom. The van der Waals surface area contributed by atoms with Crippen LogP contribution < -0.4 is 0 Å². The Morgan fingerprint density at radius 3 is 3.14 bits per heavy atom. The number of fused-ring (bicyclic) bond motifs is 1. The normalized spacial score (nSPS) is 11.1. The van der Waals surface area contributed by atoms with Gasteiger partial charge in [0.1, 0.15) is 0 Å². The highest BCUT2D eigenvalue weighted by Gasteiger charge is 1.99. The molecule has 0 aliphatic rings. The van der Waals surface area contributed by atoms with Crippen molar-refractivity contribution in [3.8, 4) is 0 Å². The molecular formula is C10H8N2O2. The van der Waals surface area contributed by atoms with Crippen molar-refractivity contribution in [2.75, 3.05) is 0 Å². The van der Waals surface area contributed by atoms with Crippen molar-refractivity contribution in [3.63, 3.8) is 0 Å². The van der Waals surface area contributed by atoms with Crippen molar-refractivity contribution in [2.45, 2.75) is 0 Å². The van der Waals surface area contributed by atoms with Gasteiger partial charge in [-0.2, -0.15) is 0 Å². The number of carboxylic acids is 1. The summed E-state index contributed by atoms with van der Waals surface area (Å²) >= 11 is 0. The first kappa shape index (κ1) is 8.50. The van der Waals surface area contributed by atoms with E-state index in [1.54, 1.807) is 6.33 Å². The average molecular weight is 188 g/mol. The average Bonchev–Trinajstić information content (AvgIpc) is 2.62. The zero-order chi connectivity index (χ0) is 9.97. The Bertz CT molecular complexity index is 500. The second-order valence-electron chi connectivity index (χ2n) is 2.82. The van der Waals surface area contributed by atoms with Gasteiger partial charge in [0.15, 0.2) is 0 Å². The van der Waals surface area contributed by atoms with Gasteiger partial charge in [0.25, 0.3) is 0 Å². The zero-order valence-electron chi connectivity index (χ0n) is 7.27. The van der Waals surface area contributed by atoms with Crippen LogP contribution in [0.25, 0.3) is 17.1 Å². The van der Waals surface area contributed by atoms with Crippen LogP contribution in [0.1, 0.15) is 5.56 Å². The van der Waals surface area contributed by atoms with E-state index >= 15 is 0 Å². The number of aromatic amines is 1. The summed E-state index contributed by atoms with van der Waals surface area (Å²) in [6, 6.07) is 5.56. The number of carbonyl (C=O) groups is 1. The molecule has 1 heterocycles. The Morgan fingerprint density at radius 2 is 2.36 bits per heavy atom. The minimum Gasteiger partial charge on any atom is -0.478 e. The van der Waals surface area contributed by atoms with Gasteiger partial charge < -0.3 is 10.1 Å². The van der Waals surface area contributed by atoms with Crippen molar-refractivity contribution in [1.29, 1.82) is 0 Å². The first-order valence-corrected chi connectivity index (χ1v) is 4.10. The smallest absolute Gasteiger partial charge is 0.328 e. The summed E-state index contributed by atoms with van der Waals surface area (Å²) in [5, 5.41) is 8.48. The molecule has 0 saturated heterocycles. The quantitative estimate of drug-likeness (QED) is 0.704. The van der Waals surface area contributed by atoms with Crippen LogP contribution in [0.2, 0.25) is 0 Å². The van der Waals surface area contributed by atoms with Crippen LogP contribution in [0.5, 0.6) is 0 Å². The fourth-order valence-corrected chi connectivity index (χ4v) is 1.28. The standard InChI is InChI=1S/C10H8N2O2/c13-9(14)5-4-7-2-1-3-8-10(7)12-6-11-8/h1-6H,(H,11,12)(H,13,14)/b5-4+. The Balaban J connectivity index is 2.51. The summed E-state index contributed by atoms with van der Waals surface area (Å²) in [6.45, 7) is 0. The minimum atomic E-state index is -0.961. The van der Waals surface area contributed by atoms with Crippen LogP contribution in [0.4, 0.5) is 0 Å². The predicted octanol–water partition coefficient (Wildman–Crippen LogP) is 1.66. The van der Waals surface area contributed by atoms with Crippen molar-refractivity contribution in [2.24, 2.45) is 0 Å². The number of aliphatic carboxylic acids is 1. The molecular weight excluding hydrogens is 180 g/mol. The first-order valence-electron chi connectivity index (χ1n) is 4.10. The van der Waals surface area contributed by atoms with E-state index in [0.29, 0.717) is 0 Å². The maximum Gasteiger partial charge on any atom is 0.328 e. The number of benzene rings is 1. The van der Waals surface area contributed by atoms with Gasteiger partial charge in [0.05, 0.1) is 17.4 Å². The van der Waals surface area contributed by atoms with Gasteiger partial charge in [0.2, 0.25) is 0 Å². The van der Waals surface area contributed by atoms with Gasteiger partial charge in [0, 0.05) is 11.6 Å². The van der Waals surface area contributed by atoms with Crippen LogP contribution in [-0.4, -0.2) is 21.0 Å². The van der Waals surface area contributed by atoms with E-state index in [2.05, 4.69) is 9.97 Å². The maximum atomic E-state index is 10.3. The zero-order valence-corrected chi connectivity index (χ0v) is 7.27. The summed E-state index contributed by atoms with van der Waals surface area (Å²) in [4.78, 5) is 17.4. The van der Waals surface area contributed by atoms with E-state index < -0.39 is 5.97 Å². The first-order chi connectivity index (χ1) is 6.77. The molecule has 4 heteroatoms.